The predicted octanol–water partition coefficient (Wildman–Crippen LogP) is 29.3. The minimum absolute atomic E-state index is 0.947. The molecule has 0 saturated carbocycles. The Hall–Kier alpha value is -15.6. The van der Waals surface area contributed by atoms with E-state index >= 15 is 0 Å². The fourth-order valence-corrected chi connectivity index (χ4v) is 29.2. The van der Waals surface area contributed by atoms with Crippen LogP contribution in [0.15, 0.2) is 485 Å². The third-order valence-corrected chi connectivity index (χ3v) is 32.9. The maximum Gasteiger partial charge on any atom is 0.0641 e. The van der Waals surface area contributed by atoms with E-state index in [4.69, 9.17) is 0 Å². The molecule has 0 heterocycles. The van der Waals surface area contributed by atoms with Gasteiger partial charge in [0.25, 0.3) is 0 Å². The van der Waals surface area contributed by atoms with Crippen LogP contribution in [0.1, 0.15) is 134 Å². The van der Waals surface area contributed by atoms with Crippen molar-refractivity contribution in [3.63, 3.8) is 0 Å². The van der Waals surface area contributed by atoms with Gasteiger partial charge in [0.1, 0.15) is 0 Å². The van der Waals surface area contributed by atoms with E-state index in [1.807, 2.05) is 0 Å². The molecule has 0 N–H and O–H groups in total. The Morgan fingerprint density at radius 3 is 0.203 bits per heavy atom. The highest BCUT2D eigenvalue weighted by Crippen LogP contribution is 2.77. The molecule has 0 unspecified atom stereocenters. The first-order valence-electron chi connectivity index (χ1n) is 45.5. The molecule has 0 atom stereocenters. The Kier molecular flexibility index (Phi) is 13.9. The van der Waals surface area contributed by atoms with E-state index in [1.165, 1.54) is 223 Å². The van der Waals surface area contributed by atoms with Crippen LogP contribution in [0.25, 0.3) is 89.0 Å². The smallest absolute Gasteiger partial charge is 0.0619 e. The minimum Gasteiger partial charge on any atom is -0.0619 e. The third kappa shape index (κ3) is 7.77. The summed E-state index contributed by atoms with van der Waals surface area (Å²) in [5.41, 5.74) is 42.6. The van der Waals surface area contributed by atoms with Crippen LogP contribution in [-0.2, 0) is 43.3 Å². The maximum absolute atomic E-state index is 2.63. The van der Waals surface area contributed by atoms with Crippen molar-refractivity contribution in [2.75, 3.05) is 0 Å². The van der Waals surface area contributed by atoms with Gasteiger partial charge in [-0.25, -0.2) is 0 Å². The molecule has 592 valence electrons. The Morgan fingerprint density at radius 1 is 0.0703 bits per heavy atom. The van der Waals surface area contributed by atoms with Crippen molar-refractivity contribution in [3.8, 4) is 89.0 Å². The van der Waals surface area contributed by atoms with Crippen LogP contribution in [-0.4, -0.2) is 0 Å². The molecule has 0 aliphatic heterocycles. The molecule has 35 rings (SSSR count). The van der Waals surface area contributed by atoms with Gasteiger partial charge in [-0.2, -0.15) is 0 Å². The standard InChI is InChI=1S/C128H80/c1-17-49-105-89(33-1)90-34-2-18-50-106(90)121(105)81-65-67-83(68-66-81)123(109-53-21-5-37-93(109)94-38-6-22-54-110(94)123)125(113-57-25-9-41-97(113)98-42-10-26-58-114(98)125)85-73-75-87(76-74-85)127(117-61-29-13-45-101(117)102-46-14-30-62-118(102)127)128(119-63-31-15-47-103(119)104-48-16-32-64-120(104)128)88-79-77-86(78-80-88)126(115-59-27-11-43-99(115)100-44-12-28-60-116(100)126)124(111-55-23-7-39-95(111)96-40-8-24-56-112(96)124)84-71-69-82(70-72-84)122(121)107-51-19-3-35-91(107)92-36-4-20-52-108(92)122/h1-80H. The van der Waals surface area contributed by atoms with Gasteiger partial charge in [-0.1, -0.05) is 485 Å². The first-order chi connectivity index (χ1) is 63.5. The normalized spacial score (nSPS) is 16.6. The van der Waals surface area contributed by atoms with Gasteiger partial charge >= 0.3 is 0 Å². The van der Waals surface area contributed by atoms with Crippen molar-refractivity contribution in [1.82, 2.24) is 0 Å². The zero-order valence-electron chi connectivity index (χ0n) is 70.2. The summed E-state index contributed by atoms with van der Waals surface area (Å²) >= 11 is 0. The van der Waals surface area contributed by atoms with Crippen LogP contribution in [0.3, 0.4) is 0 Å². The van der Waals surface area contributed by atoms with E-state index in [1.54, 1.807) is 0 Å². The Balaban J connectivity index is 0.831. The van der Waals surface area contributed by atoms with Gasteiger partial charge in [0, 0.05) is 0 Å². The van der Waals surface area contributed by atoms with Crippen LogP contribution < -0.4 is 0 Å². The van der Waals surface area contributed by atoms with Crippen LogP contribution in [0.4, 0.5) is 0 Å². The van der Waals surface area contributed by atoms with Gasteiger partial charge in [0.2, 0.25) is 0 Å². The highest BCUT2D eigenvalue weighted by molar-refractivity contribution is 6.00. The van der Waals surface area contributed by atoms with Crippen molar-refractivity contribution in [1.29, 1.82) is 0 Å². The van der Waals surface area contributed by atoms with E-state index in [9.17, 15) is 0 Å². The summed E-state index contributed by atoms with van der Waals surface area (Å²) in [6.45, 7) is 0. The van der Waals surface area contributed by atoms with E-state index in [0.717, 1.165) is 0 Å². The average Bonchev–Trinajstić information content (AvgIpc) is 1.47. The van der Waals surface area contributed by atoms with Gasteiger partial charge in [0.05, 0.1) is 43.3 Å². The quantitative estimate of drug-likeness (QED) is 0.142. The molecule has 20 aromatic carbocycles. The molecule has 15 aliphatic rings. The molecule has 20 aromatic rings. The maximum atomic E-state index is 2.63. The van der Waals surface area contributed by atoms with Crippen LogP contribution >= 0.6 is 0 Å². The molecule has 0 radical (unpaired) electrons. The summed E-state index contributed by atoms with van der Waals surface area (Å²) in [7, 11) is 0. The van der Waals surface area contributed by atoms with Crippen molar-refractivity contribution in [2.24, 2.45) is 0 Å². The highest BCUT2D eigenvalue weighted by atomic mass is 14.7. The van der Waals surface area contributed by atoms with E-state index in [-0.39, 0.29) is 0 Å². The second-order valence-electron chi connectivity index (χ2n) is 37.0. The molecule has 0 fully saturated rings. The summed E-state index contributed by atoms with van der Waals surface area (Å²) in [4.78, 5) is 0. The first kappa shape index (κ1) is 70.8. The van der Waals surface area contributed by atoms with Gasteiger partial charge < -0.3 is 0 Å². The molecule has 8 bridgehead atoms. The lowest BCUT2D eigenvalue weighted by Crippen LogP contribution is -2.52. The second kappa shape index (κ2) is 25.1. The van der Waals surface area contributed by atoms with Crippen molar-refractivity contribution >= 4 is 0 Å². The third-order valence-electron chi connectivity index (χ3n) is 32.9. The van der Waals surface area contributed by atoms with Crippen molar-refractivity contribution < 1.29 is 0 Å². The number of rotatable bonds is 0. The molecular formula is C128H80. The average molecular weight is 1620 g/mol. The topological polar surface area (TPSA) is 0 Å². The Bertz CT molecular complexity index is 6400. The summed E-state index contributed by atoms with van der Waals surface area (Å²) < 4.78 is 0. The summed E-state index contributed by atoms with van der Waals surface area (Å²) in [6.07, 6.45) is 0. The number of hydrogen-bond acceptors (Lipinski definition) is 0. The second-order valence-corrected chi connectivity index (χ2v) is 37.0. The SMILES string of the molecule is c1ccc2c(c1)-c1ccccc1C21c2ccc(cc2)C2(c3ccccc3-c3ccccc32)C2(c3ccc(cc3)C3(c4ccccc4-c4ccccc43)C3(c4ccc(cc4)C4(c5ccccc5-c5ccccc54)C4(c5ccc(cc5)C15c1ccccc1-c1ccccc15)c1ccccc1-c1ccccc14)c1ccccc1-c1ccccc13)c1ccccc1-c1ccccc12. The monoisotopic (exact) mass is 1620 g/mol. The fourth-order valence-electron chi connectivity index (χ4n) is 29.2. The Morgan fingerprint density at radius 2 is 0.133 bits per heavy atom. The van der Waals surface area contributed by atoms with Gasteiger partial charge in [0.15, 0.2) is 0 Å². The summed E-state index contributed by atoms with van der Waals surface area (Å²) in [5.74, 6) is 0. The van der Waals surface area contributed by atoms with E-state index in [0.29, 0.717) is 0 Å². The van der Waals surface area contributed by atoms with Gasteiger partial charge in [-0.05, 0) is 223 Å². The summed E-state index contributed by atoms with van der Waals surface area (Å²) in [6, 6.07) is 194. The van der Waals surface area contributed by atoms with Gasteiger partial charge in [-0.3, -0.25) is 0 Å². The molecule has 8 spiro atoms. The lowest BCUT2D eigenvalue weighted by molar-refractivity contribution is 0.424. The largest absolute Gasteiger partial charge is 0.0641 e. The van der Waals surface area contributed by atoms with Crippen molar-refractivity contribution in [2.45, 2.75) is 43.3 Å². The van der Waals surface area contributed by atoms with Crippen molar-refractivity contribution in [3.05, 3.63) is 619 Å². The molecule has 0 heteroatoms. The van der Waals surface area contributed by atoms with Crippen LogP contribution in [0.2, 0.25) is 0 Å². The molecule has 0 nitrogen and oxygen atoms in total. The minimum atomic E-state index is -0.947. The first-order valence-corrected chi connectivity index (χ1v) is 45.5. The number of benzene rings is 20. The zero-order chi connectivity index (χ0) is 83.7. The lowest BCUT2D eigenvalue weighted by Gasteiger charge is -2.53. The lowest BCUT2D eigenvalue weighted by atomic mass is 9.47. The van der Waals surface area contributed by atoms with Gasteiger partial charge in [-0.15, -0.1) is 0 Å². The number of hydrogen-bond donors (Lipinski definition) is 0. The summed E-state index contributed by atoms with van der Waals surface area (Å²) in [5, 5.41) is 0. The van der Waals surface area contributed by atoms with E-state index in [2.05, 4.69) is 485 Å². The predicted molar refractivity (Wildman–Crippen MR) is 520 cm³/mol. The zero-order valence-corrected chi connectivity index (χ0v) is 70.2. The molecule has 0 amide bonds. The van der Waals surface area contributed by atoms with Crippen LogP contribution in [0.5, 0.6) is 0 Å². The molecule has 15 aliphatic carbocycles. The molecular weight excluding hydrogens is 1540 g/mol. The Labute approximate surface area is 745 Å². The molecule has 0 aromatic heterocycles. The number of fused-ring (bicyclic) bond motifs is 24. The highest BCUT2D eigenvalue weighted by Gasteiger charge is 2.71. The fraction of sp³-hybridized carbons (Fsp3) is 0.0625. The van der Waals surface area contributed by atoms with Crippen LogP contribution in [0, 0.1) is 0 Å². The molecule has 128 heavy (non-hydrogen) atoms. The molecule has 0 saturated heterocycles. The van der Waals surface area contributed by atoms with E-state index < -0.39 is 43.3 Å².